The number of allylic oxidation sites excluding steroid dienone is 1. The number of benzene rings is 1. The van der Waals surface area contributed by atoms with Crippen LogP contribution in [0.15, 0.2) is 30.3 Å². The van der Waals surface area contributed by atoms with Crippen molar-refractivity contribution in [3.05, 3.63) is 35.9 Å². The SMILES string of the molecule is CC(=O)C=Cc1ccc(OC(C)=O)cc1. The van der Waals surface area contributed by atoms with Gasteiger partial charge in [0.15, 0.2) is 5.78 Å². The van der Waals surface area contributed by atoms with Gasteiger partial charge in [-0.25, -0.2) is 0 Å². The van der Waals surface area contributed by atoms with Gasteiger partial charge in [0.2, 0.25) is 0 Å². The number of hydrogen-bond donors (Lipinski definition) is 0. The van der Waals surface area contributed by atoms with Gasteiger partial charge in [0.25, 0.3) is 0 Å². The van der Waals surface area contributed by atoms with Crippen LogP contribution in [0.5, 0.6) is 5.75 Å². The first kappa shape index (κ1) is 11.2. The number of rotatable bonds is 3. The van der Waals surface area contributed by atoms with Crippen LogP contribution < -0.4 is 4.74 Å². The molecule has 0 N–H and O–H groups in total. The van der Waals surface area contributed by atoms with Crippen LogP contribution in [-0.2, 0) is 9.59 Å². The second-order valence-corrected chi connectivity index (χ2v) is 3.11. The summed E-state index contributed by atoms with van der Waals surface area (Å²) in [7, 11) is 0. The molecule has 1 aromatic rings. The molecule has 0 aliphatic carbocycles. The Hall–Kier alpha value is -1.90. The minimum atomic E-state index is -0.345. The highest BCUT2D eigenvalue weighted by molar-refractivity contribution is 5.91. The van der Waals surface area contributed by atoms with Crippen LogP contribution in [0.1, 0.15) is 19.4 Å². The Morgan fingerprint density at radius 2 is 1.73 bits per heavy atom. The topological polar surface area (TPSA) is 43.4 Å². The molecule has 0 aliphatic heterocycles. The molecule has 0 aromatic heterocycles. The van der Waals surface area contributed by atoms with Crippen molar-refractivity contribution < 1.29 is 14.3 Å². The van der Waals surface area contributed by atoms with Crippen LogP contribution in [-0.4, -0.2) is 11.8 Å². The molecule has 1 aromatic carbocycles. The van der Waals surface area contributed by atoms with E-state index in [0.717, 1.165) is 5.56 Å². The monoisotopic (exact) mass is 204 g/mol. The highest BCUT2D eigenvalue weighted by Gasteiger charge is 1.96. The highest BCUT2D eigenvalue weighted by atomic mass is 16.5. The van der Waals surface area contributed by atoms with Crippen LogP contribution in [0.3, 0.4) is 0 Å². The summed E-state index contributed by atoms with van der Waals surface area (Å²) in [6, 6.07) is 6.91. The van der Waals surface area contributed by atoms with E-state index in [1.807, 2.05) is 0 Å². The third kappa shape index (κ3) is 4.22. The molecule has 0 aliphatic rings. The molecule has 0 fully saturated rings. The lowest BCUT2D eigenvalue weighted by atomic mass is 10.2. The summed E-state index contributed by atoms with van der Waals surface area (Å²) in [5.74, 6) is 0.156. The highest BCUT2D eigenvalue weighted by Crippen LogP contribution is 2.13. The number of hydrogen-bond acceptors (Lipinski definition) is 3. The van der Waals surface area contributed by atoms with Crippen molar-refractivity contribution in [1.29, 1.82) is 0 Å². The molecule has 0 spiro atoms. The maximum Gasteiger partial charge on any atom is 0.308 e. The Kier molecular flexibility index (Phi) is 3.80. The summed E-state index contributed by atoms with van der Waals surface area (Å²) in [5.41, 5.74) is 0.890. The lowest BCUT2D eigenvalue weighted by Gasteiger charge is -2.00. The van der Waals surface area contributed by atoms with Gasteiger partial charge in [-0.2, -0.15) is 0 Å². The first-order chi connectivity index (χ1) is 7.08. The van der Waals surface area contributed by atoms with E-state index in [-0.39, 0.29) is 11.8 Å². The number of carbonyl (C=O) groups is 2. The van der Waals surface area contributed by atoms with E-state index in [9.17, 15) is 9.59 Å². The van der Waals surface area contributed by atoms with Crippen molar-refractivity contribution in [2.75, 3.05) is 0 Å². The van der Waals surface area contributed by atoms with E-state index in [0.29, 0.717) is 5.75 Å². The molecule has 3 nitrogen and oxygen atoms in total. The summed E-state index contributed by atoms with van der Waals surface area (Å²) in [6.07, 6.45) is 3.20. The Balaban J connectivity index is 2.72. The van der Waals surface area contributed by atoms with E-state index in [1.54, 1.807) is 30.3 Å². The van der Waals surface area contributed by atoms with Gasteiger partial charge in [-0.1, -0.05) is 18.2 Å². The fraction of sp³-hybridized carbons (Fsp3) is 0.167. The molecule has 0 amide bonds. The second-order valence-electron chi connectivity index (χ2n) is 3.11. The standard InChI is InChI=1S/C12H12O3/c1-9(13)3-4-11-5-7-12(8-6-11)15-10(2)14/h3-8H,1-2H3. The van der Waals surface area contributed by atoms with E-state index < -0.39 is 0 Å². The van der Waals surface area contributed by atoms with E-state index in [1.165, 1.54) is 19.9 Å². The zero-order valence-corrected chi connectivity index (χ0v) is 8.69. The predicted molar refractivity (Wildman–Crippen MR) is 57.5 cm³/mol. The zero-order valence-electron chi connectivity index (χ0n) is 8.69. The van der Waals surface area contributed by atoms with Gasteiger partial charge in [0, 0.05) is 6.92 Å². The van der Waals surface area contributed by atoms with Gasteiger partial charge in [-0.15, -0.1) is 0 Å². The van der Waals surface area contributed by atoms with Crippen LogP contribution in [0.25, 0.3) is 6.08 Å². The summed E-state index contributed by atoms with van der Waals surface area (Å²) in [4.78, 5) is 21.3. The van der Waals surface area contributed by atoms with Crippen molar-refractivity contribution in [2.45, 2.75) is 13.8 Å². The third-order valence-corrected chi connectivity index (χ3v) is 1.65. The minimum absolute atomic E-state index is 0.000868. The quantitative estimate of drug-likeness (QED) is 0.430. The van der Waals surface area contributed by atoms with Crippen molar-refractivity contribution in [2.24, 2.45) is 0 Å². The predicted octanol–water partition coefficient (Wildman–Crippen LogP) is 2.21. The molecule has 0 saturated carbocycles. The summed E-state index contributed by atoms with van der Waals surface area (Å²) in [6.45, 7) is 2.84. The third-order valence-electron chi connectivity index (χ3n) is 1.65. The lowest BCUT2D eigenvalue weighted by molar-refractivity contribution is -0.131. The smallest absolute Gasteiger partial charge is 0.308 e. The van der Waals surface area contributed by atoms with Crippen LogP contribution in [0, 0.1) is 0 Å². The Morgan fingerprint density at radius 3 is 2.20 bits per heavy atom. The molecule has 3 heteroatoms. The van der Waals surface area contributed by atoms with Gasteiger partial charge in [-0.05, 0) is 30.7 Å². The maximum absolute atomic E-state index is 10.7. The molecule has 0 bridgehead atoms. The van der Waals surface area contributed by atoms with Gasteiger partial charge in [0.1, 0.15) is 5.75 Å². The van der Waals surface area contributed by atoms with Crippen molar-refractivity contribution in [1.82, 2.24) is 0 Å². The average Bonchev–Trinajstić information content (AvgIpc) is 2.16. The number of carbonyl (C=O) groups excluding carboxylic acids is 2. The molecule has 1 rings (SSSR count). The van der Waals surface area contributed by atoms with E-state index in [2.05, 4.69) is 0 Å². The minimum Gasteiger partial charge on any atom is -0.427 e. The largest absolute Gasteiger partial charge is 0.427 e. The lowest BCUT2D eigenvalue weighted by Crippen LogP contribution is -2.00. The molecular weight excluding hydrogens is 192 g/mol. The summed E-state index contributed by atoms with van der Waals surface area (Å²) in [5, 5.41) is 0. The van der Waals surface area contributed by atoms with Gasteiger partial charge < -0.3 is 4.74 Å². The molecular formula is C12H12O3. The van der Waals surface area contributed by atoms with Crippen molar-refractivity contribution >= 4 is 17.8 Å². The van der Waals surface area contributed by atoms with Crippen LogP contribution >= 0.6 is 0 Å². The summed E-state index contributed by atoms with van der Waals surface area (Å²) < 4.78 is 4.86. The summed E-state index contributed by atoms with van der Waals surface area (Å²) >= 11 is 0. The first-order valence-corrected chi connectivity index (χ1v) is 4.55. The molecule has 0 heterocycles. The Labute approximate surface area is 88.4 Å². The van der Waals surface area contributed by atoms with Gasteiger partial charge in [-0.3, -0.25) is 9.59 Å². The van der Waals surface area contributed by atoms with Crippen LogP contribution in [0.2, 0.25) is 0 Å². The Morgan fingerprint density at radius 1 is 1.13 bits per heavy atom. The maximum atomic E-state index is 10.7. The first-order valence-electron chi connectivity index (χ1n) is 4.55. The normalized spacial score (nSPS) is 10.3. The van der Waals surface area contributed by atoms with Gasteiger partial charge >= 0.3 is 5.97 Å². The molecule has 0 radical (unpaired) electrons. The number of esters is 1. The number of ether oxygens (including phenoxy) is 1. The van der Waals surface area contributed by atoms with Crippen molar-refractivity contribution in [3.63, 3.8) is 0 Å². The molecule has 0 saturated heterocycles. The molecule has 0 atom stereocenters. The van der Waals surface area contributed by atoms with E-state index in [4.69, 9.17) is 4.74 Å². The second kappa shape index (κ2) is 5.10. The van der Waals surface area contributed by atoms with Crippen LogP contribution in [0.4, 0.5) is 0 Å². The fourth-order valence-electron chi connectivity index (χ4n) is 1.03. The van der Waals surface area contributed by atoms with Gasteiger partial charge in [0.05, 0.1) is 0 Å². The van der Waals surface area contributed by atoms with Crippen molar-refractivity contribution in [3.8, 4) is 5.75 Å². The molecule has 15 heavy (non-hydrogen) atoms. The average molecular weight is 204 g/mol. The fourth-order valence-corrected chi connectivity index (χ4v) is 1.03. The zero-order chi connectivity index (χ0) is 11.3. The molecule has 78 valence electrons. The molecule has 0 unspecified atom stereocenters. The number of ketones is 1. The van der Waals surface area contributed by atoms with E-state index >= 15 is 0 Å². The Bertz CT molecular complexity index is 388.